The van der Waals surface area contributed by atoms with E-state index < -0.39 is 0 Å². The van der Waals surface area contributed by atoms with Crippen LogP contribution in [0.2, 0.25) is 0 Å². The van der Waals surface area contributed by atoms with Crippen LogP contribution in [0.3, 0.4) is 0 Å². The normalized spacial score (nSPS) is 28.4. The summed E-state index contributed by atoms with van der Waals surface area (Å²) in [5.41, 5.74) is 2.09. The molecule has 2 bridgehead atoms. The fourth-order valence-corrected chi connectivity index (χ4v) is 5.51. The summed E-state index contributed by atoms with van der Waals surface area (Å²) in [6.45, 7) is 1.95. The number of pyridine rings is 1. The van der Waals surface area contributed by atoms with Crippen molar-refractivity contribution in [1.29, 1.82) is 0 Å². The summed E-state index contributed by atoms with van der Waals surface area (Å²) in [6.07, 6.45) is 1.27. The Morgan fingerprint density at radius 2 is 1.76 bits per heavy atom. The van der Waals surface area contributed by atoms with E-state index in [0.29, 0.717) is 19.6 Å². The largest absolute Gasteiger partial charge is 0.341 e. The van der Waals surface area contributed by atoms with Crippen LogP contribution in [-0.4, -0.2) is 46.3 Å². The van der Waals surface area contributed by atoms with Gasteiger partial charge in [-0.15, -0.1) is 0 Å². The van der Waals surface area contributed by atoms with Gasteiger partial charge in [0.15, 0.2) is 0 Å². The third-order valence-corrected chi connectivity index (χ3v) is 6.84. The van der Waals surface area contributed by atoms with Crippen LogP contribution < -0.4 is 5.56 Å². The maximum Gasteiger partial charge on any atom is 0.250 e. The molecule has 0 unspecified atom stereocenters. The molecular weight excluding hydrogens is 366 g/mol. The van der Waals surface area contributed by atoms with Gasteiger partial charge in [0.05, 0.1) is 12.0 Å². The van der Waals surface area contributed by atoms with Gasteiger partial charge in [-0.1, -0.05) is 36.4 Å². The van der Waals surface area contributed by atoms with E-state index in [0.717, 1.165) is 17.7 Å². The van der Waals surface area contributed by atoms with Gasteiger partial charge in [-0.05, 0) is 24.0 Å². The third-order valence-electron chi connectivity index (χ3n) is 6.84. The highest BCUT2D eigenvalue weighted by atomic mass is 16.2. The Balaban J connectivity index is 1.42. The molecule has 3 aliphatic heterocycles. The SMILES string of the molecule is CN1C(=O)C[C@@H](C(=O)N2C[C@H]3C[C@@H](C2)c2cccc(=O)n2C3)[C@H]1c1ccccc1. The first kappa shape index (κ1) is 18.2. The molecule has 2 fully saturated rings. The number of hydrogen-bond acceptors (Lipinski definition) is 3. The highest BCUT2D eigenvalue weighted by Gasteiger charge is 2.46. The molecular formula is C23H25N3O3. The molecule has 1 aromatic heterocycles. The molecule has 3 aliphatic rings. The Labute approximate surface area is 169 Å². The van der Waals surface area contributed by atoms with Crippen LogP contribution >= 0.6 is 0 Å². The molecule has 6 nitrogen and oxygen atoms in total. The molecule has 0 saturated carbocycles. The molecule has 0 N–H and O–H groups in total. The fraction of sp³-hybridized carbons (Fsp3) is 0.435. The lowest BCUT2D eigenvalue weighted by molar-refractivity contribution is -0.139. The van der Waals surface area contributed by atoms with Gasteiger partial charge in [-0.2, -0.15) is 0 Å². The summed E-state index contributed by atoms with van der Waals surface area (Å²) in [5, 5.41) is 0. The Bertz CT molecular complexity index is 1020. The summed E-state index contributed by atoms with van der Waals surface area (Å²) in [6, 6.07) is 15.1. The van der Waals surface area contributed by atoms with Crippen LogP contribution in [0.1, 0.15) is 36.1 Å². The first-order valence-corrected chi connectivity index (χ1v) is 10.3. The number of carbonyl (C=O) groups excluding carboxylic acids is 2. The smallest absolute Gasteiger partial charge is 0.250 e. The number of benzene rings is 1. The molecule has 0 spiro atoms. The summed E-state index contributed by atoms with van der Waals surface area (Å²) < 4.78 is 1.88. The maximum atomic E-state index is 13.6. The number of piperidine rings is 1. The van der Waals surface area contributed by atoms with Crippen molar-refractivity contribution in [2.24, 2.45) is 11.8 Å². The third kappa shape index (κ3) is 2.98. The zero-order valence-electron chi connectivity index (χ0n) is 16.5. The van der Waals surface area contributed by atoms with Gasteiger partial charge in [0.2, 0.25) is 11.8 Å². The van der Waals surface area contributed by atoms with Crippen LogP contribution in [0.25, 0.3) is 0 Å². The lowest BCUT2D eigenvalue weighted by Crippen LogP contribution is -2.51. The first-order valence-electron chi connectivity index (χ1n) is 10.3. The van der Waals surface area contributed by atoms with Crippen molar-refractivity contribution in [2.75, 3.05) is 20.1 Å². The molecule has 0 aliphatic carbocycles. The number of carbonyl (C=O) groups is 2. The summed E-state index contributed by atoms with van der Waals surface area (Å²) >= 11 is 0. The van der Waals surface area contributed by atoms with Gasteiger partial charge >= 0.3 is 0 Å². The van der Waals surface area contributed by atoms with Gasteiger partial charge in [0.25, 0.3) is 5.56 Å². The highest BCUT2D eigenvalue weighted by molar-refractivity contribution is 5.90. The Morgan fingerprint density at radius 1 is 0.966 bits per heavy atom. The van der Waals surface area contributed by atoms with Crippen LogP contribution in [0, 0.1) is 11.8 Å². The van der Waals surface area contributed by atoms with Gasteiger partial charge in [-0.25, -0.2) is 0 Å². The minimum absolute atomic E-state index is 0.0197. The summed E-state index contributed by atoms with van der Waals surface area (Å²) in [5.74, 6) is 0.205. The number of aromatic nitrogens is 1. The second kappa shape index (κ2) is 6.87. The molecule has 4 heterocycles. The predicted molar refractivity (Wildman–Crippen MR) is 108 cm³/mol. The predicted octanol–water partition coefficient (Wildman–Crippen LogP) is 2.01. The number of amides is 2. The van der Waals surface area contributed by atoms with E-state index in [1.165, 1.54) is 0 Å². The molecule has 0 radical (unpaired) electrons. The van der Waals surface area contributed by atoms with Crippen LogP contribution in [0.15, 0.2) is 53.3 Å². The Kier molecular flexibility index (Phi) is 4.30. The lowest BCUT2D eigenvalue weighted by Gasteiger charge is -2.43. The van der Waals surface area contributed by atoms with Crippen molar-refractivity contribution in [2.45, 2.75) is 31.3 Å². The van der Waals surface area contributed by atoms with Crippen molar-refractivity contribution in [1.82, 2.24) is 14.4 Å². The van der Waals surface area contributed by atoms with E-state index in [1.54, 1.807) is 18.0 Å². The van der Waals surface area contributed by atoms with Crippen LogP contribution in [0.5, 0.6) is 0 Å². The lowest BCUT2D eigenvalue weighted by atomic mass is 9.82. The van der Waals surface area contributed by atoms with Gasteiger partial charge in [-0.3, -0.25) is 14.4 Å². The van der Waals surface area contributed by atoms with Gasteiger partial charge in [0.1, 0.15) is 0 Å². The number of hydrogen-bond donors (Lipinski definition) is 0. The quantitative estimate of drug-likeness (QED) is 0.787. The fourth-order valence-electron chi connectivity index (χ4n) is 5.51. The van der Waals surface area contributed by atoms with E-state index in [9.17, 15) is 14.4 Å². The minimum atomic E-state index is -0.355. The average Bonchev–Trinajstić information content (AvgIpc) is 3.03. The summed E-state index contributed by atoms with van der Waals surface area (Å²) in [7, 11) is 1.79. The molecule has 2 aromatic rings. The van der Waals surface area contributed by atoms with Crippen LogP contribution in [0.4, 0.5) is 0 Å². The summed E-state index contributed by atoms with van der Waals surface area (Å²) in [4.78, 5) is 41.9. The van der Waals surface area contributed by atoms with Gasteiger partial charge in [0, 0.05) is 50.8 Å². The second-order valence-electron chi connectivity index (χ2n) is 8.61. The van der Waals surface area contributed by atoms with E-state index in [2.05, 4.69) is 0 Å². The van der Waals surface area contributed by atoms with Gasteiger partial charge < -0.3 is 14.4 Å². The van der Waals surface area contributed by atoms with E-state index in [4.69, 9.17) is 0 Å². The molecule has 5 rings (SSSR count). The van der Waals surface area contributed by atoms with E-state index >= 15 is 0 Å². The Hall–Kier alpha value is -2.89. The highest BCUT2D eigenvalue weighted by Crippen LogP contribution is 2.41. The molecule has 150 valence electrons. The maximum absolute atomic E-state index is 13.6. The van der Waals surface area contributed by atoms with Crippen molar-refractivity contribution in [3.8, 4) is 0 Å². The first-order chi connectivity index (χ1) is 14.0. The van der Waals surface area contributed by atoms with Crippen LogP contribution in [-0.2, 0) is 16.1 Å². The zero-order chi connectivity index (χ0) is 20.1. The minimum Gasteiger partial charge on any atom is -0.341 e. The number of fused-ring (bicyclic) bond motifs is 4. The van der Waals surface area contributed by atoms with Crippen molar-refractivity contribution >= 4 is 11.8 Å². The second-order valence-corrected chi connectivity index (χ2v) is 8.61. The topological polar surface area (TPSA) is 62.6 Å². The molecule has 6 heteroatoms. The van der Waals surface area contributed by atoms with Crippen molar-refractivity contribution < 1.29 is 9.59 Å². The van der Waals surface area contributed by atoms with Crippen molar-refractivity contribution in [3.63, 3.8) is 0 Å². The zero-order valence-corrected chi connectivity index (χ0v) is 16.5. The molecule has 4 atom stereocenters. The average molecular weight is 391 g/mol. The Morgan fingerprint density at radius 3 is 2.55 bits per heavy atom. The van der Waals surface area contributed by atoms with E-state index in [1.807, 2.05) is 51.9 Å². The number of nitrogens with zero attached hydrogens (tertiary/aromatic N) is 3. The molecule has 1 aromatic carbocycles. The molecule has 29 heavy (non-hydrogen) atoms. The monoisotopic (exact) mass is 391 g/mol. The molecule has 2 amide bonds. The standard InChI is InChI=1S/C23H25N3O3/c1-24-21(28)11-18(22(24)16-6-3-2-4-7-16)23(29)25-12-15-10-17(14-25)19-8-5-9-20(27)26(19)13-15/h2-9,15,17-18,22H,10-14H2,1H3/t15-,17+,18-,22-/m1/s1. The van der Waals surface area contributed by atoms with Crippen molar-refractivity contribution in [3.05, 3.63) is 70.1 Å². The molecule has 2 saturated heterocycles. The number of likely N-dealkylation sites (tertiary alicyclic amines) is 2. The van der Waals surface area contributed by atoms with E-state index in [-0.39, 0.29) is 47.6 Å². The number of rotatable bonds is 2.